The molecule has 1 rings (SSSR count). The van der Waals surface area contributed by atoms with E-state index in [-0.39, 0.29) is 0 Å². The molecule has 0 amide bonds. The van der Waals surface area contributed by atoms with E-state index >= 15 is 0 Å². The summed E-state index contributed by atoms with van der Waals surface area (Å²) in [6, 6.07) is 0. The van der Waals surface area contributed by atoms with Crippen molar-refractivity contribution in [2.75, 3.05) is 0 Å². The van der Waals surface area contributed by atoms with Crippen LogP contribution in [0.25, 0.3) is 0 Å². The van der Waals surface area contributed by atoms with Gasteiger partial charge in [0.15, 0.2) is 0 Å². The zero-order valence-corrected chi connectivity index (χ0v) is 9.13. The van der Waals surface area contributed by atoms with Crippen molar-refractivity contribution in [2.24, 2.45) is 4.99 Å². The van der Waals surface area contributed by atoms with Crippen molar-refractivity contribution >= 4 is 11.4 Å². The summed E-state index contributed by atoms with van der Waals surface area (Å²) in [5.41, 5.74) is 4.54. The van der Waals surface area contributed by atoms with Crippen LogP contribution in [0.5, 0.6) is 0 Å². The largest absolute Gasteiger partial charge is 0.250 e. The lowest BCUT2D eigenvalue weighted by molar-refractivity contribution is 1.05. The van der Waals surface area contributed by atoms with Gasteiger partial charge in [-0.25, -0.2) is 15.0 Å². The second-order valence-electron chi connectivity index (χ2n) is 3.37. The van der Waals surface area contributed by atoms with Crippen molar-refractivity contribution < 1.29 is 0 Å². The van der Waals surface area contributed by atoms with E-state index in [1.54, 1.807) is 6.33 Å². The molecule has 3 heteroatoms. The van der Waals surface area contributed by atoms with E-state index in [1.165, 1.54) is 0 Å². The van der Waals surface area contributed by atoms with Gasteiger partial charge in [0.05, 0.1) is 11.4 Å². The van der Waals surface area contributed by atoms with Crippen LogP contribution in [0.3, 0.4) is 0 Å². The first kappa shape index (κ1) is 10.6. The van der Waals surface area contributed by atoms with Gasteiger partial charge in [0, 0.05) is 5.71 Å². The Balaban J connectivity index is 3.20. The van der Waals surface area contributed by atoms with E-state index in [2.05, 4.69) is 21.5 Å². The molecule has 0 atom stereocenters. The summed E-state index contributed by atoms with van der Waals surface area (Å²) >= 11 is 0. The molecule has 0 aliphatic rings. The normalized spacial score (nSPS) is 11.6. The molecular weight excluding hydrogens is 174 g/mol. The first-order chi connectivity index (χ1) is 6.52. The van der Waals surface area contributed by atoms with E-state index in [4.69, 9.17) is 0 Å². The highest BCUT2D eigenvalue weighted by Crippen LogP contribution is 2.19. The van der Waals surface area contributed by atoms with Crippen LogP contribution < -0.4 is 0 Å². The number of hydrogen-bond donors (Lipinski definition) is 0. The summed E-state index contributed by atoms with van der Waals surface area (Å²) in [6.07, 6.45) is 1.56. The molecule has 1 heterocycles. The van der Waals surface area contributed by atoms with Crippen LogP contribution in [-0.2, 0) is 0 Å². The lowest BCUT2D eigenvalue weighted by Gasteiger charge is -2.04. The Bertz CT molecular complexity index is 371. The Morgan fingerprint density at radius 1 is 1.21 bits per heavy atom. The van der Waals surface area contributed by atoms with Crippen LogP contribution >= 0.6 is 0 Å². The number of allylic oxidation sites excluding steroid dienone is 1. The molecule has 0 saturated carbocycles. The fourth-order valence-corrected chi connectivity index (χ4v) is 1.01. The van der Waals surface area contributed by atoms with Crippen molar-refractivity contribution in [1.29, 1.82) is 0 Å². The SMILES string of the molecule is C=C(C)C(C)=Nc1c(C)ncnc1C. The Kier molecular flexibility index (Phi) is 3.12. The molecule has 0 radical (unpaired) electrons. The molecule has 0 fully saturated rings. The predicted octanol–water partition coefficient (Wildman–Crippen LogP) is 2.76. The van der Waals surface area contributed by atoms with E-state index in [1.807, 2.05) is 27.7 Å². The predicted molar refractivity (Wildman–Crippen MR) is 59.1 cm³/mol. The van der Waals surface area contributed by atoms with Gasteiger partial charge < -0.3 is 0 Å². The number of nitrogens with zero attached hydrogens (tertiary/aromatic N) is 3. The average molecular weight is 189 g/mol. The fraction of sp³-hybridized carbons (Fsp3) is 0.364. The van der Waals surface area contributed by atoms with Crippen molar-refractivity contribution in [3.05, 3.63) is 29.9 Å². The second kappa shape index (κ2) is 4.13. The van der Waals surface area contributed by atoms with Gasteiger partial charge in [-0.15, -0.1) is 0 Å². The third-order valence-electron chi connectivity index (χ3n) is 2.09. The second-order valence-corrected chi connectivity index (χ2v) is 3.37. The van der Waals surface area contributed by atoms with Crippen molar-refractivity contribution in [3.63, 3.8) is 0 Å². The summed E-state index contributed by atoms with van der Waals surface area (Å²) in [5.74, 6) is 0. The van der Waals surface area contributed by atoms with Crippen LogP contribution in [0.4, 0.5) is 5.69 Å². The van der Waals surface area contributed by atoms with Crippen LogP contribution in [0.2, 0.25) is 0 Å². The van der Waals surface area contributed by atoms with E-state index in [9.17, 15) is 0 Å². The number of rotatable bonds is 2. The minimum absolute atomic E-state index is 0.855. The summed E-state index contributed by atoms with van der Waals surface area (Å²) in [7, 11) is 0. The zero-order valence-electron chi connectivity index (χ0n) is 9.13. The topological polar surface area (TPSA) is 38.1 Å². The van der Waals surface area contributed by atoms with Crippen molar-refractivity contribution in [3.8, 4) is 0 Å². The smallest absolute Gasteiger partial charge is 0.116 e. The van der Waals surface area contributed by atoms with Gasteiger partial charge in [0.1, 0.15) is 12.0 Å². The highest BCUT2D eigenvalue weighted by atomic mass is 14.9. The zero-order chi connectivity index (χ0) is 10.7. The molecule has 0 saturated heterocycles. The van der Waals surface area contributed by atoms with E-state index in [0.717, 1.165) is 28.4 Å². The average Bonchev–Trinajstić information content (AvgIpc) is 2.11. The maximum atomic E-state index is 4.45. The standard InChI is InChI=1S/C11H15N3/c1-7(2)8(3)14-11-9(4)12-6-13-10(11)5/h6H,1H2,2-5H3. The maximum absolute atomic E-state index is 4.45. The lowest BCUT2D eigenvalue weighted by atomic mass is 10.2. The number of hydrogen-bond acceptors (Lipinski definition) is 3. The van der Waals surface area contributed by atoms with E-state index in [0.29, 0.717) is 0 Å². The first-order valence-electron chi connectivity index (χ1n) is 4.51. The molecule has 0 aromatic carbocycles. The van der Waals surface area contributed by atoms with Gasteiger partial charge in [0.2, 0.25) is 0 Å². The molecule has 0 aliphatic heterocycles. The number of aliphatic imine (C=N–C) groups is 1. The summed E-state index contributed by atoms with van der Waals surface area (Å²) < 4.78 is 0. The molecule has 0 bridgehead atoms. The Hall–Kier alpha value is -1.51. The number of aromatic nitrogens is 2. The van der Waals surface area contributed by atoms with Gasteiger partial charge >= 0.3 is 0 Å². The summed E-state index contributed by atoms with van der Waals surface area (Å²) in [5, 5.41) is 0. The molecule has 0 unspecified atom stereocenters. The van der Waals surface area contributed by atoms with E-state index < -0.39 is 0 Å². The van der Waals surface area contributed by atoms with Gasteiger partial charge in [-0.05, 0) is 33.3 Å². The van der Waals surface area contributed by atoms with Gasteiger partial charge in [-0.3, -0.25) is 0 Å². The maximum Gasteiger partial charge on any atom is 0.116 e. The van der Waals surface area contributed by atoms with Crippen LogP contribution in [-0.4, -0.2) is 15.7 Å². The lowest BCUT2D eigenvalue weighted by Crippen LogP contribution is -1.94. The molecule has 0 N–H and O–H groups in total. The van der Waals surface area contributed by atoms with Gasteiger partial charge in [0.25, 0.3) is 0 Å². The molecule has 14 heavy (non-hydrogen) atoms. The van der Waals surface area contributed by atoms with Crippen LogP contribution in [0.1, 0.15) is 25.2 Å². The fourth-order valence-electron chi connectivity index (χ4n) is 1.01. The highest BCUT2D eigenvalue weighted by Gasteiger charge is 2.03. The number of aryl methyl sites for hydroxylation is 2. The Morgan fingerprint density at radius 3 is 2.14 bits per heavy atom. The van der Waals surface area contributed by atoms with Crippen LogP contribution in [0.15, 0.2) is 23.5 Å². The summed E-state index contributed by atoms with van der Waals surface area (Å²) in [6.45, 7) is 11.6. The minimum atomic E-state index is 0.855. The monoisotopic (exact) mass is 189 g/mol. The first-order valence-corrected chi connectivity index (χ1v) is 4.51. The van der Waals surface area contributed by atoms with Crippen molar-refractivity contribution in [2.45, 2.75) is 27.7 Å². The molecule has 1 aromatic heterocycles. The summed E-state index contributed by atoms with van der Waals surface area (Å²) in [4.78, 5) is 12.7. The Labute approximate surface area is 84.6 Å². The molecule has 0 spiro atoms. The van der Waals surface area contributed by atoms with Gasteiger partial charge in [-0.2, -0.15) is 0 Å². The molecule has 0 aliphatic carbocycles. The molecular formula is C11H15N3. The quantitative estimate of drug-likeness (QED) is 0.671. The highest BCUT2D eigenvalue weighted by molar-refractivity contribution is 5.98. The Morgan fingerprint density at radius 2 is 1.71 bits per heavy atom. The third kappa shape index (κ3) is 2.25. The van der Waals surface area contributed by atoms with Crippen LogP contribution in [0, 0.1) is 13.8 Å². The molecule has 1 aromatic rings. The third-order valence-corrected chi connectivity index (χ3v) is 2.09. The van der Waals surface area contributed by atoms with Crippen molar-refractivity contribution in [1.82, 2.24) is 9.97 Å². The molecule has 3 nitrogen and oxygen atoms in total. The van der Waals surface area contributed by atoms with Gasteiger partial charge in [-0.1, -0.05) is 6.58 Å². The molecule has 74 valence electrons. The minimum Gasteiger partial charge on any atom is -0.250 e.